The van der Waals surface area contributed by atoms with Gasteiger partial charge in [-0.25, -0.2) is 14.4 Å². The molecule has 210 valence electrons. The SMILES string of the molecule is C=CCCOC(=O)Nc1ccc2[nH]c(C)c(CCN(CCCC)Cc3cc[nH]c3)c2c1.O=C(O)/C=C\C(=O)O. The van der Waals surface area contributed by atoms with Crippen LogP contribution in [0.4, 0.5) is 10.5 Å². The number of H-pyrrole nitrogens is 2. The Morgan fingerprint density at radius 3 is 2.49 bits per heavy atom. The first kappa shape index (κ1) is 30.9. The number of anilines is 1. The predicted octanol–water partition coefficient (Wildman–Crippen LogP) is 5.49. The number of unbranched alkanes of at least 4 members (excludes halogenated alkanes) is 1. The van der Waals surface area contributed by atoms with Crippen LogP contribution in [0.1, 0.15) is 43.0 Å². The molecular weight excluding hydrogens is 500 g/mol. The number of aromatic nitrogens is 2. The molecule has 2 heterocycles. The van der Waals surface area contributed by atoms with Crippen LogP contribution < -0.4 is 5.32 Å². The third-order valence-electron chi connectivity index (χ3n) is 5.86. The third-order valence-corrected chi connectivity index (χ3v) is 5.86. The number of carboxylic acid groups (broad SMARTS) is 2. The Morgan fingerprint density at radius 2 is 1.87 bits per heavy atom. The Hall–Kier alpha value is -4.31. The summed E-state index contributed by atoms with van der Waals surface area (Å²) in [5.41, 5.74) is 5.62. The lowest BCUT2D eigenvalue weighted by Gasteiger charge is -2.21. The second kappa shape index (κ2) is 16.5. The summed E-state index contributed by atoms with van der Waals surface area (Å²) in [6, 6.07) is 8.09. The molecule has 0 saturated carbocycles. The molecule has 0 aliphatic carbocycles. The number of aliphatic carboxylic acids is 2. The van der Waals surface area contributed by atoms with Crippen molar-refractivity contribution in [2.24, 2.45) is 0 Å². The van der Waals surface area contributed by atoms with Gasteiger partial charge in [0.25, 0.3) is 0 Å². The maximum absolute atomic E-state index is 12.0. The predicted molar refractivity (Wildman–Crippen MR) is 152 cm³/mol. The van der Waals surface area contributed by atoms with Crippen molar-refractivity contribution in [3.05, 3.63) is 78.3 Å². The van der Waals surface area contributed by atoms with Gasteiger partial charge in [-0.15, -0.1) is 6.58 Å². The number of aryl methyl sites for hydroxylation is 1. The van der Waals surface area contributed by atoms with Crippen LogP contribution in [0.5, 0.6) is 0 Å². The van der Waals surface area contributed by atoms with Gasteiger partial charge in [0, 0.05) is 59.9 Å². The van der Waals surface area contributed by atoms with Crippen LogP contribution in [-0.4, -0.2) is 62.8 Å². The first-order valence-electron chi connectivity index (χ1n) is 12.9. The summed E-state index contributed by atoms with van der Waals surface area (Å²) in [5, 5.41) is 19.6. The number of benzene rings is 1. The fourth-order valence-electron chi connectivity index (χ4n) is 3.95. The monoisotopic (exact) mass is 538 g/mol. The van der Waals surface area contributed by atoms with Crippen LogP contribution in [0.3, 0.4) is 0 Å². The van der Waals surface area contributed by atoms with Crippen molar-refractivity contribution < 1.29 is 29.3 Å². The largest absolute Gasteiger partial charge is 0.478 e. The van der Waals surface area contributed by atoms with E-state index >= 15 is 0 Å². The zero-order valence-corrected chi connectivity index (χ0v) is 22.5. The number of rotatable bonds is 14. The molecule has 0 aliphatic rings. The molecule has 5 N–H and O–H groups in total. The Kier molecular flexibility index (Phi) is 13.1. The van der Waals surface area contributed by atoms with Gasteiger partial charge in [-0.2, -0.15) is 0 Å². The minimum absolute atomic E-state index is 0.334. The van der Waals surface area contributed by atoms with Crippen molar-refractivity contribution in [3.8, 4) is 0 Å². The number of fused-ring (bicyclic) bond motifs is 1. The van der Waals surface area contributed by atoms with Gasteiger partial charge in [-0.1, -0.05) is 19.4 Å². The lowest BCUT2D eigenvalue weighted by Crippen LogP contribution is -2.26. The van der Waals surface area contributed by atoms with Crippen LogP contribution in [0.2, 0.25) is 0 Å². The number of ether oxygens (including phenoxy) is 1. The molecule has 10 heteroatoms. The standard InChI is InChI=1S/C25H34N4O2.C4H4O4/c1-4-6-13-29(18-20-10-12-26-17-20)14-11-22-19(3)27-24-9-8-21(16-23(22)24)28-25(30)31-15-7-5-2;5-3(6)1-2-4(7)8/h5,8-10,12,16-17,26-27H,2,4,6-7,11,13-15,18H2,1,3H3,(H,28,30);1-2H,(H,5,6)(H,7,8)/b;2-1-. The minimum Gasteiger partial charge on any atom is -0.478 e. The number of carboxylic acids is 2. The van der Waals surface area contributed by atoms with Gasteiger partial charge in [0.1, 0.15) is 0 Å². The number of carbonyl (C=O) groups excluding carboxylic acids is 1. The summed E-state index contributed by atoms with van der Waals surface area (Å²) in [6.45, 7) is 11.3. The molecule has 0 saturated heterocycles. The highest BCUT2D eigenvalue weighted by Gasteiger charge is 2.13. The van der Waals surface area contributed by atoms with Crippen molar-refractivity contribution in [2.45, 2.75) is 46.1 Å². The number of hydrogen-bond acceptors (Lipinski definition) is 5. The number of hydrogen-bond donors (Lipinski definition) is 5. The molecule has 0 spiro atoms. The van der Waals surface area contributed by atoms with E-state index in [1.54, 1.807) is 6.08 Å². The Morgan fingerprint density at radius 1 is 1.13 bits per heavy atom. The van der Waals surface area contributed by atoms with Crippen molar-refractivity contribution in [1.29, 1.82) is 0 Å². The second-order valence-electron chi connectivity index (χ2n) is 8.94. The van der Waals surface area contributed by atoms with Crippen molar-refractivity contribution in [3.63, 3.8) is 0 Å². The molecule has 0 atom stereocenters. The van der Waals surface area contributed by atoms with E-state index < -0.39 is 18.0 Å². The Bertz CT molecular complexity index is 1230. The maximum Gasteiger partial charge on any atom is 0.411 e. The topological polar surface area (TPSA) is 148 Å². The highest BCUT2D eigenvalue weighted by Crippen LogP contribution is 2.26. The van der Waals surface area contributed by atoms with Crippen LogP contribution in [0.15, 0.2) is 61.5 Å². The second-order valence-corrected chi connectivity index (χ2v) is 8.94. The van der Waals surface area contributed by atoms with Crippen molar-refractivity contribution in [2.75, 3.05) is 25.0 Å². The lowest BCUT2D eigenvalue weighted by molar-refractivity contribution is -0.134. The van der Waals surface area contributed by atoms with Gasteiger partial charge in [-0.05, 0) is 68.1 Å². The number of nitrogens with one attached hydrogen (secondary N) is 3. The molecule has 1 amide bonds. The van der Waals surface area contributed by atoms with Crippen LogP contribution >= 0.6 is 0 Å². The van der Waals surface area contributed by atoms with E-state index in [0.29, 0.717) is 25.2 Å². The molecule has 0 aliphatic heterocycles. The molecule has 10 nitrogen and oxygen atoms in total. The summed E-state index contributed by atoms with van der Waals surface area (Å²) in [4.78, 5) is 40.3. The highest BCUT2D eigenvalue weighted by atomic mass is 16.5. The normalized spacial score (nSPS) is 10.8. The maximum atomic E-state index is 12.0. The molecule has 0 fully saturated rings. The molecular formula is C29H38N4O6. The van der Waals surface area contributed by atoms with Crippen LogP contribution in [0.25, 0.3) is 10.9 Å². The van der Waals surface area contributed by atoms with E-state index in [-0.39, 0.29) is 0 Å². The first-order valence-corrected chi connectivity index (χ1v) is 12.9. The van der Waals surface area contributed by atoms with Gasteiger partial charge in [0.2, 0.25) is 0 Å². The van der Waals surface area contributed by atoms with Crippen LogP contribution in [0, 0.1) is 6.92 Å². The zero-order valence-electron chi connectivity index (χ0n) is 22.5. The van der Waals surface area contributed by atoms with Gasteiger partial charge in [0.05, 0.1) is 6.61 Å². The average molecular weight is 539 g/mol. The quantitative estimate of drug-likeness (QED) is 0.104. The van der Waals surface area contributed by atoms with Crippen molar-refractivity contribution >= 4 is 34.6 Å². The smallest absolute Gasteiger partial charge is 0.411 e. The summed E-state index contributed by atoms with van der Waals surface area (Å²) in [5.74, 6) is -2.51. The van der Waals surface area contributed by atoms with Crippen LogP contribution in [-0.2, 0) is 27.3 Å². The van der Waals surface area contributed by atoms with Gasteiger partial charge in [0.15, 0.2) is 0 Å². The summed E-state index contributed by atoms with van der Waals surface area (Å²) in [6.07, 6.45) is 10.4. The van der Waals surface area contributed by atoms with Gasteiger partial charge < -0.3 is 24.9 Å². The molecule has 0 unspecified atom stereocenters. The lowest BCUT2D eigenvalue weighted by atomic mass is 10.1. The zero-order chi connectivity index (χ0) is 28.6. The van der Waals surface area contributed by atoms with E-state index in [1.807, 2.05) is 24.4 Å². The molecule has 1 aromatic carbocycles. The van der Waals surface area contributed by atoms with E-state index in [9.17, 15) is 14.4 Å². The fraction of sp³-hybridized carbons (Fsp3) is 0.345. The highest BCUT2D eigenvalue weighted by molar-refractivity contribution is 5.92. The molecule has 3 rings (SSSR count). The first-order chi connectivity index (χ1) is 18.7. The Balaban J connectivity index is 0.000000580. The summed E-state index contributed by atoms with van der Waals surface area (Å²) < 4.78 is 5.16. The number of nitrogens with zero attached hydrogens (tertiary/aromatic N) is 1. The van der Waals surface area contributed by atoms with E-state index in [2.05, 4.69) is 52.9 Å². The Labute approximate surface area is 228 Å². The molecule has 0 bridgehead atoms. The minimum atomic E-state index is -1.26. The van der Waals surface area contributed by atoms with E-state index in [4.69, 9.17) is 14.9 Å². The fourth-order valence-corrected chi connectivity index (χ4v) is 3.95. The summed E-state index contributed by atoms with van der Waals surface area (Å²) in [7, 11) is 0. The molecule has 3 aromatic rings. The molecule has 2 aromatic heterocycles. The average Bonchev–Trinajstić information content (AvgIpc) is 3.51. The van der Waals surface area contributed by atoms with Gasteiger partial charge in [-0.3, -0.25) is 10.2 Å². The number of amides is 1. The summed E-state index contributed by atoms with van der Waals surface area (Å²) >= 11 is 0. The molecule has 0 radical (unpaired) electrons. The third kappa shape index (κ3) is 11.3. The number of aromatic amines is 2. The van der Waals surface area contributed by atoms with Gasteiger partial charge >= 0.3 is 18.0 Å². The van der Waals surface area contributed by atoms with E-state index in [0.717, 1.165) is 42.6 Å². The van der Waals surface area contributed by atoms with Crippen molar-refractivity contribution in [1.82, 2.24) is 14.9 Å². The molecule has 39 heavy (non-hydrogen) atoms. The number of carbonyl (C=O) groups is 3. The van der Waals surface area contributed by atoms with E-state index in [1.165, 1.54) is 29.7 Å².